The second kappa shape index (κ2) is 7.73. The van der Waals surface area contributed by atoms with Gasteiger partial charge in [-0.3, -0.25) is 4.79 Å². The van der Waals surface area contributed by atoms with Crippen LogP contribution in [0.3, 0.4) is 0 Å². The van der Waals surface area contributed by atoms with Crippen molar-refractivity contribution < 1.29 is 14.6 Å². The SMILES string of the molecule is CC(=O)OC1CCC2(C)C(CCC3(C)C2CCC2C4(C)CCC(C(C)(C)O)C4CCC23C)C1(C)C. The fourth-order valence-corrected chi connectivity index (χ4v) is 12.4. The number of carbonyl (C=O) groups is 1. The average Bonchev–Trinajstić information content (AvgIpc) is 3.08. The molecule has 200 valence electrons. The molecule has 0 aliphatic heterocycles. The van der Waals surface area contributed by atoms with Crippen molar-refractivity contribution in [1.82, 2.24) is 0 Å². The van der Waals surface area contributed by atoms with E-state index in [-0.39, 0.29) is 17.5 Å². The average molecular weight is 487 g/mol. The van der Waals surface area contributed by atoms with E-state index >= 15 is 0 Å². The summed E-state index contributed by atoms with van der Waals surface area (Å²) in [4.78, 5) is 11.9. The van der Waals surface area contributed by atoms with Gasteiger partial charge in [-0.1, -0.05) is 41.5 Å². The molecule has 0 amide bonds. The van der Waals surface area contributed by atoms with Gasteiger partial charge in [-0.15, -0.1) is 0 Å². The first kappa shape index (κ1) is 26.1. The van der Waals surface area contributed by atoms with E-state index in [4.69, 9.17) is 4.74 Å². The summed E-state index contributed by atoms with van der Waals surface area (Å²) in [5, 5.41) is 11.0. The van der Waals surface area contributed by atoms with Crippen molar-refractivity contribution in [1.29, 1.82) is 0 Å². The van der Waals surface area contributed by atoms with Crippen LogP contribution in [0.5, 0.6) is 0 Å². The fraction of sp³-hybridized carbons (Fsp3) is 0.969. The summed E-state index contributed by atoms with van der Waals surface area (Å²) in [5.41, 5.74) is 0.911. The monoisotopic (exact) mass is 486 g/mol. The molecule has 5 saturated carbocycles. The molecular weight excluding hydrogens is 432 g/mol. The Labute approximate surface area is 215 Å². The van der Waals surface area contributed by atoms with Gasteiger partial charge < -0.3 is 9.84 Å². The van der Waals surface area contributed by atoms with Gasteiger partial charge in [0.25, 0.3) is 0 Å². The normalized spacial score (nSPS) is 53.1. The van der Waals surface area contributed by atoms with Crippen LogP contribution in [0.1, 0.15) is 127 Å². The minimum absolute atomic E-state index is 0.0345. The number of hydrogen-bond acceptors (Lipinski definition) is 3. The summed E-state index contributed by atoms with van der Waals surface area (Å²) in [7, 11) is 0. The number of hydrogen-bond donors (Lipinski definition) is 1. The van der Waals surface area contributed by atoms with Crippen LogP contribution in [-0.4, -0.2) is 22.8 Å². The standard InChI is InChI=1S/C32H54O3/c1-20(33)35-26-15-17-30(7)23(27(26,2)3)14-19-32(9)25(30)11-10-24-29(6)16-12-21(28(4,5)34)22(29)13-18-31(24,32)8/h21-26,34H,10-19H2,1-9H3. The summed E-state index contributed by atoms with van der Waals surface area (Å²) >= 11 is 0. The van der Waals surface area contributed by atoms with Crippen molar-refractivity contribution in [3.63, 3.8) is 0 Å². The zero-order chi connectivity index (χ0) is 25.8. The Morgan fingerprint density at radius 2 is 1.29 bits per heavy atom. The quantitative estimate of drug-likeness (QED) is 0.405. The molecule has 0 spiro atoms. The molecule has 10 unspecified atom stereocenters. The van der Waals surface area contributed by atoms with Gasteiger partial charge in [0.2, 0.25) is 0 Å². The van der Waals surface area contributed by atoms with Gasteiger partial charge in [-0.2, -0.15) is 0 Å². The molecule has 35 heavy (non-hydrogen) atoms. The second-order valence-electron chi connectivity index (χ2n) is 16.0. The molecule has 5 aliphatic carbocycles. The van der Waals surface area contributed by atoms with Crippen molar-refractivity contribution in [3.05, 3.63) is 0 Å². The maximum atomic E-state index is 11.9. The van der Waals surface area contributed by atoms with E-state index in [1.807, 2.05) is 0 Å². The lowest BCUT2D eigenvalue weighted by molar-refractivity contribution is -0.254. The van der Waals surface area contributed by atoms with Crippen LogP contribution in [0, 0.1) is 56.7 Å². The Kier molecular flexibility index (Phi) is 5.76. The Bertz CT molecular complexity index is 871. The van der Waals surface area contributed by atoms with Crippen LogP contribution in [-0.2, 0) is 9.53 Å². The van der Waals surface area contributed by atoms with Gasteiger partial charge in [0.1, 0.15) is 6.10 Å². The Hall–Kier alpha value is -0.570. The highest BCUT2D eigenvalue weighted by Crippen LogP contribution is 2.78. The van der Waals surface area contributed by atoms with E-state index in [0.29, 0.717) is 39.4 Å². The van der Waals surface area contributed by atoms with E-state index in [9.17, 15) is 9.90 Å². The van der Waals surface area contributed by atoms with Crippen LogP contribution in [0.15, 0.2) is 0 Å². The molecule has 0 aromatic carbocycles. The molecule has 0 radical (unpaired) electrons. The molecule has 3 heteroatoms. The number of ether oxygens (including phenoxy) is 1. The molecule has 0 heterocycles. The first-order chi connectivity index (χ1) is 16.0. The zero-order valence-corrected chi connectivity index (χ0v) is 24.3. The van der Waals surface area contributed by atoms with E-state index in [1.165, 1.54) is 57.8 Å². The van der Waals surface area contributed by atoms with Gasteiger partial charge in [-0.25, -0.2) is 0 Å². The van der Waals surface area contributed by atoms with Crippen molar-refractivity contribution in [2.24, 2.45) is 56.7 Å². The summed E-state index contributed by atoms with van der Waals surface area (Å²) < 4.78 is 5.91. The van der Waals surface area contributed by atoms with Crippen LogP contribution in [0.25, 0.3) is 0 Å². The number of carbonyl (C=O) groups excluding carboxylic acids is 1. The van der Waals surface area contributed by atoms with Crippen LogP contribution in [0.2, 0.25) is 0 Å². The van der Waals surface area contributed by atoms with Crippen LogP contribution >= 0.6 is 0 Å². The second-order valence-corrected chi connectivity index (χ2v) is 16.0. The molecule has 1 N–H and O–H groups in total. The van der Waals surface area contributed by atoms with Gasteiger partial charge in [0, 0.05) is 12.3 Å². The molecule has 10 atom stereocenters. The number of esters is 1. The molecule has 5 fully saturated rings. The smallest absolute Gasteiger partial charge is 0.302 e. The maximum Gasteiger partial charge on any atom is 0.302 e. The first-order valence-corrected chi connectivity index (χ1v) is 14.9. The van der Waals surface area contributed by atoms with Gasteiger partial charge in [0.15, 0.2) is 0 Å². The molecular formula is C32H54O3. The van der Waals surface area contributed by atoms with Gasteiger partial charge in [-0.05, 0) is 129 Å². The maximum absolute atomic E-state index is 11.9. The molecule has 5 rings (SSSR count). The lowest BCUT2D eigenvalue weighted by Crippen LogP contribution is -2.67. The fourth-order valence-electron chi connectivity index (χ4n) is 12.4. The van der Waals surface area contributed by atoms with E-state index in [0.717, 1.165) is 18.3 Å². The predicted octanol–water partition coefficient (Wildman–Crippen LogP) is 7.79. The minimum Gasteiger partial charge on any atom is -0.462 e. The van der Waals surface area contributed by atoms with Gasteiger partial charge >= 0.3 is 5.97 Å². The van der Waals surface area contributed by atoms with Crippen molar-refractivity contribution in [2.45, 2.75) is 138 Å². The van der Waals surface area contributed by atoms with Crippen molar-refractivity contribution in [2.75, 3.05) is 0 Å². The minimum atomic E-state index is -0.561. The highest BCUT2D eigenvalue weighted by molar-refractivity contribution is 5.66. The van der Waals surface area contributed by atoms with E-state index in [1.54, 1.807) is 6.92 Å². The number of fused-ring (bicyclic) bond motifs is 7. The lowest BCUT2D eigenvalue weighted by atomic mass is 9.32. The first-order valence-electron chi connectivity index (χ1n) is 14.9. The summed E-state index contributed by atoms with van der Waals surface area (Å²) in [6.45, 7) is 21.1. The Morgan fingerprint density at radius 1 is 0.743 bits per heavy atom. The number of aliphatic hydroxyl groups is 1. The highest BCUT2D eigenvalue weighted by Gasteiger charge is 2.71. The lowest BCUT2D eigenvalue weighted by Gasteiger charge is -2.73. The third-order valence-electron chi connectivity index (χ3n) is 14.1. The molecule has 5 aliphatic rings. The molecule has 0 saturated heterocycles. The van der Waals surface area contributed by atoms with Crippen LogP contribution < -0.4 is 0 Å². The highest BCUT2D eigenvalue weighted by atomic mass is 16.5. The summed E-state index contributed by atoms with van der Waals surface area (Å²) in [6.07, 6.45) is 12.7. The van der Waals surface area contributed by atoms with Crippen molar-refractivity contribution in [3.8, 4) is 0 Å². The molecule has 0 aromatic heterocycles. The van der Waals surface area contributed by atoms with E-state index in [2.05, 4.69) is 55.4 Å². The Morgan fingerprint density at radius 3 is 1.86 bits per heavy atom. The summed E-state index contributed by atoms with van der Waals surface area (Å²) in [6, 6.07) is 0. The molecule has 3 nitrogen and oxygen atoms in total. The predicted molar refractivity (Wildman–Crippen MR) is 142 cm³/mol. The Balaban J connectivity index is 1.48. The number of rotatable bonds is 2. The van der Waals surface area contributed by atoms with Crippen LogP contribution in [0.4, 0.5) is 0 Å². The van der Waals surface area contributed by atoms with Crippen molar-refractivity contribution >= 4 is 5.97 Å². The molecule has 0 bridgehead atoms. The third kappa shape index (κ3) is 3.34. The largest absolute Gasteiger partial charge is 0.462 e. The summed E-state index contributed by atoms with van der Waals surface area (Å²) in [5.74, 6) is 3.14. The topological polar surface area (TPSA) is 46.5 Å². The third-order valence-corrected chi connectivity index (χ3v) is 14.1. The van der Waals surface area contributed by atoms with E-state index < -0.39 is 5.60 Å². The zero-order valence-electron chi connectivity index (χ0n) is 24.3. The molecule has 0 aromatic rings. The van der Waals surface area contributed by atoms with Gasteiger partial charge in [0.05, 0.1) is 5.60 Å².